The van der Waals surface area contributed by atoms with E-state index < -0.39 is 11.8 Å². The molecule has 0 radical (unpaired) electrons. The molecule has 0 fully saturated rings. The number of halogens is 1. The molecule has 0 amide bonds. The van der Waals surface area contributed by atoms with Crippen LogP contribution >= 0.6 is 0 Å². The zero-order chi connectivity index (χ0) is 17.1. The van der Waals surface area contributed by atoms with E-state index in [4.69, 9.17) is 14.2 Å². The van der Waals surface area contributed by atoms with E-state index in [9.17, 15) is 9.18 Å². The van der Waals surface area contributed by atoms with Crippen molar-refractivity contribution in [3.05, 3.63) is 66.0 Å². The number of carbonyl (C=O) groups is 1. The van der Waals surface area contributed by atoms with Crippen LogP contribution in [-0.2, 0) is 0 Å². The fourth-order valence-corrected chi connectivity index (χ4v) is 2.35. The molecule has 0 aliphatic carbocycles. The molecule has 0 saturated carbocycles. The van der Waals surface area contributed by atoms with E-state index in [1.807, 2.05) is 24.3 Å². The molecule has 0 atom stereocenters. The fourth-order valence-electron chi connectivity index (χ4n) is 2.35. The summed E-state index contributed by atoms with van der Waals surface area (Å²) in [6.45, 7) is 0. The number of hydrogen-bond acceptors (Lipinski definition) is 4. The Morgan fingerprint density at radius 2 is 1.54 bits per heavy atom. The zero-order valence-electron chi connectivity index (χ0n) is 13.2. The molecule has 0 heterocycles. The second kappa shape index (κ2) is 6.58. The first-order valence-corrected chi connectivity index (χ1v) is 7.24. The minimum atomic E-state index is -0.640. The van der Waals surface area contributed by atoms with Gasteiger partial charge in [-0.15, -0.1) is 0 Å². The average molecular weight is 326 g/mol. The van der Waals surface area contributed by atoms with Crippen molar-refractivity contribution in [2.24, 2.45) is 0 Å². The summed E-state index contributed by atoms with van der Waals surface area (Å²) in [5, 5.41) is 1.87. The molecule has 0 aromatic heterocycles. The van der Waals surface area contributed by atoms with Crippen LogP contribution < -0.4 is 14.2 Å². The molecule has 122 valence electrons. The van der Waals surface area contributed by atoms with Gasteiger partial charge in [-0.1, -0.05) is 12.1 Å². The minimum Gasteiger partial charge on any atom is -0.497 e. The monoisotopic (exact) mass is 326 g/mol. The van der Waals surface area contributed by atoms with Gasteiger partial charge in [-0.3, -0.25) is 0 Å². The average Bonchev–Trinajstić information content (AvgIpc) is 2.60. The molecular formula is C19H15FO4. The summed E-state index contributed by atoms with van der Waals surface area (Å²) < 4.78 is 29.0. The van der Waals surface area contributed by atoms with Crippen molar-refractivity contribution in [3.8, 4) is 17.2 Å². The van der Waals surface area contributed by atoms with Crippen molar-refractivity contribution in [2.75, 3.05) is 14.2 Å². The van der Waals surface area contributed by atoms with E-state index in [1.54, 1.807) is 19.2 Å². The van der Waals surface area contributed by atoms with Crippen LogP contribution in [0.15, 0.2) is 54.6 Å². The lowest BCUT2D eigenvalue weighted by molar-refractivity contribution is 0.0734. The van der Waals surface area contributed by atoms with Crippen molar-refractivity contribution >= 4 is 16.7 Å². The van der Waals surface area contributed by atoms with Crippen LogP contribution in [-0.4, -0.2) is 20.2 Å². The summed E-state index contributed by atoms with van der Waals surface area (Å²) in [7, 11) is 2.95. The Labute approximate surface area is 138 Å². The first kappa shape index (κ1) is 15.8. The zero-order valence-corrected chi connectivity index (χ0v) is 13.2. The van der Waals surface area contributed by atoms with E-state index in [0.717, 1.165) is 16.8 Å². The molecule has 3 rings (SSSR count). The van der Waals surface area contributed by atoms with Crippen molar-refractivity contribution < 1.29 is 23.4 Å². The fraction of sp³-hybridized carbons (Fsp3) is 0.105. The normalized spacial score (nSPS) is 10.5. The van der Waals surface area contributed by atoms with E-state index in [2.05, 4.69) is 0 Å². The highest BCUT2D eigenvalue weighted by Gasteiger charge is 2.12. The van der Waals surface area contributed by atoms with Crippen LogP contribution in [0, 0.1) is 5.82 Å². The second-order valence-corrected chi connectivity index (χ2v) is 5.11. The van der Waals surface area contributed by atoms with E-state index >= 15 is 0 Å². The topological polar surface area (TPSA) is 44.8 Å². The van der Waals surface area contributed by atoms with Crippen LogP contribution in [0.25, 0.3) is 10.8 Å². The largest absolute Gasteiger partial charge is 0.497 e. The SMILES string of the molecule is COc1ccc2ccc(OC(=O)c3ccc(OC)c(F)c3)cc2c1. The number of benzene rings is 3. The molecule has 4 nitrogen and oxygen atoms in total. The van der Waals surface area contributed by atoms with Crippen molar-refractivity contribution in [3.63, 3.8) is 0 Å². The highest BCUT2D eigenvalue weighted by molar-refractivity contribution is 5.92. The summed E-state index contributed by atoms with van der Waals surface area (Å²) in [6, 6.07) is 14.8. The third-order valence-electron chi connectivity index (χ3n) is 3.62. The van der Waals surface area contributed by atoms with Gasteiger partial charge in [-0.05, 0) is 53.2 Å². The van der Waals surface area contributed by atoms with Gasteiger partial charge in [0.25, 0.3) is 0 Å². The Kier molecular flexibility index (Phi) is 4.33. The van der Waals surface area contributed by atoms with Crippen LogP contribution in [0.3, 0.4) is 0 Å². The predicted molar refractivity (Wildman–Crippen MR) is 88.4 cm³/mol. The number of fused-ring (bicyclic) bond motifs is 1. The number of carbonyl (C=O) groups excluding carboxylic acids is 1. The third-order valence-corrected chi connectivity index (χ3v) is 3.62. The third kappa shape index (κ3) is 3.15. The number of rotatable bonds is 4. The van der Waals surface area contributed by atoms with Crippen molar-refractivity contribution in [2.45, 2.75) is 0 Å². The lowest BCUT2D eigenvalue weighted by Gasteiger charge is -2.08. The lowest BCUT2D eigenvalue weighted by atomic mass is 10.1. The van der Waals surface area contributed by atoms with E-state index in [1.165, 1.54) is 19.2 Å². The van der Waals surface area contributed by atoms with Gasteiger partial charge < -0.3 is 14.2 Å². The molecule has 0 unspecified atom stereocenters. The minimum absolute atomic E-state index is 0.0735. The highest BCUT2D eigenvalue weighted by atomic mass is 19.1. The Hall–Kier alpha value is -3.08. The molecule has 0 N–H and O–H groups in total. The number of ether oxygens (including phenoxy) is 3. The quantitative estimate of drug-likeness (QED) is 0.532. The maximum absolute atomic E-state index is 13.7. The highest BCUT2D eigenvalue weighted by Crippen LogP contribution is 2.26. The van der Waals surface area contributed by atoms with Crippen LogP contribution in [0.4, 0.5) is 4.39 Å². The van der Waals surface area contributed by atoms with E-state index in [-0.39, 0.29) is 11.3 Å². The van der Waals surface area contributed by atoms with Gasteiger partial charge in [-0.25, -0.2) is 9.18 Å². The van der Waals surface area contributed by atoms with Crippen molar-refractivity contribution in [1.29, 1.82) is 0 Å². The van der Waals surface area contributed by atoms with E-state index in [0.29, 0.717) is 11.5 Å². The summed E-state index contributed by atoms with van der Waals surface area (Å²) in [4.78, 5) is 12.2. The Morgan fingerprint density at radius 1 is 0.833 bits per heavy atom. The summed E-state index contributed by atoms with van der Waals surface area (Å²) in [6.07, 6.45) is 0. The van der Waals surface area contributed by atoms with Gasteiger partial charge in [-0.2, -0.15) is 0 Å². The molecule has 3 aromatic carbocycles. The van der Waals surface area contributed by atoms with Gasteiger partial charge in [0.2, 0.25) is 0 Å². The van der Waals surface area contributed by atoms with Gasteiger partial charge in [0.15, 0.2) is 11.6 Å². The van der Waals surface area contributed by atoms with Gasteiger partial charge >= 0.3 is 5.97 Å². The number of esters is 1. The number of hydrogen-bond donors (Lipinski definition) is 0. The maximum Gasteiger partial charge on any atom is 0.343 e. The second-order valence-electron chi connectivity index (χ2n) is 5.11. The molecular weight excluding hydrogens is 311 g/mol. The Morgan fingerprint density at radius 3 is 2.21 bits per heavy atom. The van der Waals surface area contributed by atoms with Crippen LogP contribution in [0.2, 0.25) is 0 Å². The summed E-state index contributed by atoms with van der Waals surface area (Å²) >= 11 is 0. The van der Waals surface area contributed by atoms with Crippen LogP contribution in [0.5, 0.6) is 17.2 Å². The Balaban J connectivity index is 1.85. The summed E-state index contributed by atoms with van der Waals surface area (Å²) in [5.41, 5.74) is 0.110. The summed E-state index contributed by atoms with van der Waals surface area (Å²) in [5.74, 6) is -0.0986. The lowest BCUT2D eigenvalue weighted by Crippen LogP contribution is -2.09. The maximum atomic E-state index is 13.7. The molecule has 0 saturated heterocycles. The molecule has 0 aliphatic rings. The first-order valence-electron chi connectivity index (χ1n) is 7.24. The molecule has 0 spiro atoms. The number of methoxy groups -OCH3 is 2. The van der Waals surface area contributed by atoms with Gasteiger partial charge in [0, 0.05) is 0 Å². The first-order chi connectivity index (χ1) is 11.6. The molecule has 0 aliphatic heterocycles. The predicted octanol–water partition coefficient (Wildman–Crippen LogP) is 4.22. The molecule has 24 heavy (non-hydrogen) atoms. The van der Waals surface area contributed by atoms with Crippen molar-refractivity contribution in [1.82, 2.24) is 0 Å². The Bertz CT molecular complexity index is 905. The molecule has 5 heteroatoms. The van der Waals surface area contributed by atoms with Gasteiger partial charge in [0.05, 0.1) is 19.8 Å². The molecule has 3 aromatic rings. The van der Waals surface area contributed by atoms with Gasteiger partial charge in [0.1, 0.15) is 11.5 Å². The standard InChI is InChI=1S/C19H15FO4/c1-22-15-6-3-12-4-7-16(10-14(12)9-15)24-19(21)13-5-8-18(23-2)17(20)11-13/h3-11H,1-2H3. The smallest absolute Gasteiger partial charge is 0.343 e. The van der Waals surface area contributed by atoms with Crippen LogP contribution in [0.1, 0.15) is 10.4 Å². The molecule has 0 bridgehead atoms.